The number of nitrogens with zero attached hydrogens (tertiary/aromatic N) is 2. The molecule has 0 radical (unpaired) electrons. The fraction of sp³-hybridized carbons (Fsp3) is 0.111. The number of benzene rings is 1. The lowest BCUT2D eigenvalue weighted by atomic mass is 10.1. The highest BCUT2D eigenvalue weighted by Crippen LogP contribution is 2.30. The number of carbonyl (C=O) groups excluding carboxylic acids is 1. The van der Waals surface area contributed by atoms with E-state index >= 15 is 0 Å². The average Bonchev–Trinajstić information content (AvgIpc) is 3.10. The van der Waals surface area contributed by atoms with Gasteiger partial charge in [-0.1, -0.05) is 29.3 Å². The van der Waals surface area contributed by atoms with Crippen LogP contribution in [0, 0.1) is 0 Å². The SMILES string of the molecule is C[C@@H](c1ccco1)N(C(=O)c1ccc(Cl)cc1Cl)c1ccccn1. The molecule has 24 heavy (non-hydrogen) atoms. The average molecular weight is 361 g/mol. The van der Waals surface area contributed by atoms with Crippen LogP contribution in [0.4, 0.5) is 5.82 Å². The van der Waals surface area contributed by atoms with E-state index in [1.54, 1.807) is 53.8 Å². The summed E-state index contributed by atoms with van der Waals surface area (Å²) < 4.78 is 5.46. The van der Waals surface area contributed by atoms with Gasteiger partial charge in [0.25, 0.3) is 5.91 Å². The summed E-state index contributed by atoms with van der Waals surface area (Å²) in [7, 11) is 0. The number of anilines is 1. The molecule has 0 bridgehead atoms. The van der Waals surface area contributed by atoms with Gasteiger partial charge in [-0.15, -0.1) is 0 Å². The first kappa shape index (κ1) is 16.6. The summed E-state index contributed by atoms with van der Waals surface area (Å²) in [5.74, 6) is 0.885. The summed E-state index contributed by atoms with van der Waals surface area (Å²) >= 11 is 12.1. The van der Waals surface area contributed by atoms with E-state index in [1.165, 1.54) is 0 Å². The van der Waals surface area contributed by atoms with E-state index in [0.717, 1.165) is 0 Å². The van der Waals surface area contributed by atoms with Crippen molar-refractivity contribution in [1.29, 1.82) is 0 Å². The standard InChI is InChI=1S/C18H14Cl2N2O2/c1-12(16-5-4-10-24-16)22(17-6-2-3-9-21-17)18(23)14-8-7-13(19)11-15(14)20/h2-12H,1H3/t12-/m0/s1. The van der Waals surface area contributed by atoms with Crippen LogP contribution in [0.15, 0.2) is 65.4 Å². The van der Waals surface area contributed by atoms with Gasteiger partial charge in [-0.2, -0.15) is 0 Å². The Labute approximate surface area is 149 Å². The third-order valence-electron chi connectivity index (χ3n) is 3.62. The van der Waals surface area contributed by atoms with Gasteiger partial charge in [-0.3, -0.25) is 9.69 Å². The van der Waals surface area contributed by atoms with Crippen LogP contribution in [-0.4, -0.2) is 10.9 Å². The monoisotopic (exact) mass is 360 g/mol. The largest absolute Gasteiger partial charge is 0.467 e. The molecule has 2 heterocycles. The maximum Gasteiger partial charge on any atom is 0.261 e. The number of carbonyl (C=O) groups is 1. The smallest absolute Gasteiger partial charge is 0.261 e. The van der Waals surface area contributed by atoms with Crippen molar-refractivity contribution in [3.05, 3.63) is 82.4 Å². The lowest BCUT2D eigenvalue weighted by molar-refractivity contribution is 0.0974. The van der Waals surface area contributed by atoms with Gasteiger partial charge in [0.05, 0.1) is 22.9 Å². The Morgan fingerprint density at radius 2 is 2.00 bits per heavy atom. The van der Waals surface area contributed by atoms with Gasteiger partial charge in [0, 0.05) is 11.2 Å². The Bertz CT molecular complexity index is 835. The van der Waals surface area contributed by atoms with Crippen LogP contribution >= 0.6 is 23.2 Å². The maximum atomic E-state index is 13.1. The fourth-order valence-electron chi connectivity index (χ4n) is 2.42. The molecule has 0 fully saturated rings. The fourth-order valence-corrected chi connectivity index (χ4v) is 2.91. The number of halogens is 2. The Kier molecular flexibility index (Phi) is 4.88. The van der Waals surface area contributed by atoms with Gasteiger partial charge in [-0.05, 0) is 49.4 Å². The minimum Gasteiger partial charge on any atom is -0.467 e. The molecular formula is C18H14Cl2N2O2. The van der Waals surface area contributed by atoms with Crippen molar-refractivity contribution in [3.63, 3.8) is 0 Å². The highest BCUT2D eigenvalue weighted by molar-refractivity contribution is 6.37. The van der Waals surface area contributed by atoms with Crippen LogP contribution in [0.3, 0.4) is 0 Å². The summed E-state index contributed by atoms with van der Waals surface area (Å²) in [4.78, 5) is 19.0. The van der Waals surface area contributed by atoms with E-state index in [4.69, 9.17) is 27.6 Å². The number of furan rings is 1. The predicted molar refractivity (Wildman–Crippen MR) is 94.6 cm³/mol. The molecule has 6 heteroatoms. The number of hydrogen-bond donors (Lipinski definition) is 0. The number of pyridine rings is 1. The molecule has 2 aromatic heterocycles. The number of hydrogen-bond acceptors (Lipinski definition) is 3. The van der Waals surface area contributed by atoms with Crippen molar-refractivity contribution in [2.24, 2.45) is 0 Å². The van der Waals surface area contributed by atoms with Crippen molar-refractivity contribution >= 4 is 34.9 Å². The molecule has 1 aromatic carbocycles. The summed E-state index contributed by atoms with van der Waals surface area (Å²) in [6, 6.07) is 13.4. The Hall–Kier alpha value is -2.30. The van der Waals surface area contributed by atoms with E-state index < -0.39 is 0 Å². The second-order valence-electron chi connectivity index (χ2n) is 5.18. The van der Waals surface area contributed by atoms with Crippen molar-refractivity contribution in [2.45, 2.75) is 13.0 Å². The predicted octanol–water partition coefficient (Wildman–Crippen LogP) is 5.39. The Balaban J connectivity index is 2.06. The summed E-state index contributed by atoms with van der Waals surface area (Å²) in [6.07, 6.45) is 3.20. The molecule has 1 amide bonds. The maximum absolute atomic E-state index is 13.1. The molecule has 122 valence electrons. The molecule has 0 aliphatic rings. The molecular weight excluding hydrogens is 347 g/mol. The molecule has 0 aliphatic heterocycles. The minimum atomic E-state index is -0.353. The Morgan fingerprint density at radius 3 is 2.62 bits per heavy atom. The molecule has 0 saturated heterocycles. The topological polar surface area (TPSA) is 46.3 Å². The highest BCUT2D eigenvalue weighted by atomic mass is 35.5. The second kappa shape index (κ2) is 7.07. The van der Waals surface area contributed by atoms with E-state index in [2.05, 4.69) is 4.98 Å². The van der Waals surface area contributed by atoms with Gasteiger partial charge < -0.3 is 4.42 Å². The first-order valence-electron chi connectivity index (χ1n) is 7.31. The van der Waals surface area contributed by atoms with Crippen LogP contribution < -0.4 is 4.90 Å². The summed E-state index contributed by atoms with van der Waals surface area (Å²) in [6.45, 7) is 1.87. The van der Waals surface area contributed by atoms with Gasteiger partial charge in [0.2, 0.25) is 0 Å². The van der Waals surface area contributed by atoms with Crippen LogP contribution in [0.1, 0.15) is 29.1 Å². The zero-order valence-corrected chi connectivity index (χ0v) is 14.3. The van der Waals surface area contributed by atoms with Gasteiger partial charge in [0.15, 0.2) is 0 Å². The number of amides is 1. The second-order valence-corrected chi connectivity index (χ2v) is 6.02. The third-order valence-corrected chi connectivity index (χ3v) is 4.17. The van der Waals surface area contributed by atoms with Crippen LogP contribution in [0.2, 0.25) is 10.0 Å². The zero-order valence-electron chi connectivity index (χ0n) is 12.8. The first-order chi connectivity index (χ1) is 11.6. The molecule has 0 unspecified atom stereocenters. The number of aromatic nitrogens is 1. The van der Waals surface area contributed by atoms with Crippen molar-refractivity contribution in [3.8, 4) is 0 Å². The van der Waals surface area contributed by atoms with Crippen LogP contribution in [0.25, 0.3) is 0 Å². The van der Waals surface area contributed by atoms with Crippen molar-refractivity contribution in [2.75, 3.05) is 4.90 Å². The highest BCUT2D eigenvalue weighted by Gasteiger charge is 2.28. The van der Waals surface area contributed by atoms with Crippen molar-refractivity contribution < 1.29 is 9.21 Å². The van der Waals surface area contributed by atoms with Crippen molar-refractivity contribution in [1.82, 2.24) is 4.98 Å². The summed E-state index contributed by atoms with van der Waals surface area (Å²) in [5, 5.41) is 0.764. The lowest BCUT2D eigenvalue weighted by Gasteiger charge is -2.27. The van der Waals surface area contributed by atoms with Crippen LogP contribution in [-0.2, 0) is 0 Å². The quantitative estimate of drug-likeness (QED) is 0.626. The summed E-state index contributed by atoms with van der Waals surface area (Å²) in [5.41, 5.74) is 0.352. The molecule has 0 spiro atoms. The first-order valence-corrected chi connectivity index (χ1v) is 8.06. The van der Waals surface area contributed by atoms with Gasteiger partial charge in [-0.25, -0.2) is 4.98 Å². The molecule has 0 aliphatic carbocycles. The normalized spacial score (nSPS) is 12.0. The Morgan fingerprint density at radius 1 is 1.17 bits per heavy atom. The third kappa shape index (κ3) is 3.30. The number of rotatable bonds is 4. The van der Waals surface area contributed by atoms with E-state index in [1.807, 2.05) is 19.1 Å². The molecule has 0 saturated carbocycles. The molecule has 4 nitrogen and oxygen atoms in total. The molecule has 3 rings (SSSR count). The molecule has 3 aromatic rings. The van der Waals surface area contributed by atoms with Gasteiger partial charge >= 0.3 is 0 Å². The van der Waals surface area contributed by atoms with Gasteiger partial charge in [0.1, 0.15) is 11.6 Å². The molecule has 1 atom stereocenters. The van der Waals surface area contributed by atoms with E-state index in [-0.39, 0.29) is 11.9 Å². The zero-order chi connectivity index (χ0) is 17.1. The lowest BCUT2D eigenvalue weighted by Crippen LogP contribution is -2.34. The van der Waals surface area contributed by atoms with Crippen LogP contribution in [0.5, 0.6) is 0 Å². The minimum absolute atomic E-state index is 0.278. The van der Waals surface area contributed by atoms with E-state index in [0.29, 0.717) is 27.2 Å². The molecule has 0 N–H and O–H groups in total. The van der Waals surface area contributed by atoms with E-state index in [9.17, 15) is 4.79 Å².